The molecule has 3 nitrogen and oxygen atoms in total. The Hall–Kier alpha value is -0.900. The molecule has 2 unspecified atom stereocenters. The number of benzene rings is 1. The summed E-state index contributed by atoms with van der Waals surface area (Å²) in [5, 5.41) is 3.88. The fraction of sp³-hybridized carbons (Fsp3) is 0.647. The smallest absolute Gasteiger partial charge is 0.0234 e. The van der Waals surface area contributed by atoms with Gasteiger partial charge in [0.1, 0.15) is 0 Å². The molecule has 0 spiro atoms. The van der Waals surface area contributed by atoms with E-state index in [1.165, 1.54) is 51.0 Å². The highest BCUT2D eigenvalue weighted by molar-refractivity contribution is 5.14. The van der Waals surface area contributed by atoms with Crippen LogP contribution < -0.4 is 5.32 Å². The van der Waals surface area contributed by atoms with Crippen LogP contribution in [0, 0.1) is 0 Å². The zero-order chi connectivity index (χ0) is 13.8. The zero-order valence-electron chi connectivity index (χ0n) is 12.6. The Balaban J connectivity index is 1.45. The first kappa shape index (κ1) is 14.1. The van der Waals surface area contributed by atoms with Gasteiger partial charge in [-0.1, -0.05) is 30.3 Å². The van der Waals surface area contributed by atoms with Crippen LogP contribution in [0.5, 0.6) is 0 Å². The van der Waals surface area contributed by atoms with Gasteiger partial charge in [-0.3, -0.25) is 4.90 Å². The van der Waals surface area contributed by atoms with Gasteiger partial charge in [-0.2, -0.15) is 0 Å². The summed E-state index contributed by atoms with van der Waals surface area (Å²) < 4.78 is 0. The lowest BCUT2D eigenvalue weighted by atomic mass is 10.1. The Morgan fingerprint density at radius 3 is 2.65 bits per heavy atom. The fourth-order valence-electron chi connectivity index (χ4n) is 3.59. The Kier molecular flexibility index (Phi) is 4.71. The third-order valence-corrected chi connectivity index (χ3v) is 4.62. The molecule has 0 aromatic heterocycles. The van der Waals surface area contributed by atoms with Crippen LogP contribution in [0.3, 0.4) is 0 Å². The van der Waals surface area contributed by atoms with Crippen molar-refractivity contribution < 1.29 is 0 Å². The minimum atomic E-state index is 0.690. The quantitative estimate of drug-likeness (QED) is 0.904. The molecule has 2 aliphatic rings. The normalized spacial score (nSPS) is 28.9. The lowest BCUT2D eigenvalue weighted by Gasteiger charge is -2.32. The summed E-state index contributed by atoms with van der Waals surface area (Å²) in [5.74, 6) is 0. The van der Waals surface area contributed by atoms with Crippen molar-refractivity contribution in [1.82, 2.24) is 15.1 Å². The van der Waals surface area contributed by atoms with E-state index in [2.05, 4.69) is 52.5 Å². The van der Waals surface area contributed by atoms with Crippen molar-refractivity contribution in [2.24, 2.45) is 0 Å². The van der Waals surface area contributed by atoms with Gasteiger partial charge in [0.2, 0.25) is 0 Å². The molecule has 1 N–H and O–H groups in total. The largest absolute Gasteiger partial charge is 0.309 e. The monoisotopic (exact) mass is 273 g/mol. The number of likely N-dealkylation sites (tertiary alicyclic amines) is 2. The van der Waals surface area contributed by atoms with Crippen molar-refractivity contribution in [1.29, 1.82) is 0 Å². The van der Waals surface area contributed by atoms with E-state index < -0.39 is 0 Å². The van der Waals surface area contributed by atoms with Crippen molar-refractivity contribution in [2.75, 3.05) is 33.2 Å². The van der Waals surface area contributed by atoms with E-state index in [1.54, 1.807) is 0 Å². The summed E-state index contributed by atoms with van der Waals surface area (Å²) in [6, 6.07) is 12.2. The number of nitrogens with one attached hydrogen (secondary N) is 1. The average molecular weight is 273 g/mol. The SMILES string of the molecule is CN1CCCC(NC2CCN(Cc3ccccc3)C2)C1. The second-order valence-corrected chi connectivity index (χ2v) is 6.47. The molecule has 0 aliphatic carbocycles. The Morgan fingerprint density at radius 2 is 1.85 bits per heavy atom. The molecule has 0 radical (unpaired) electrons. The van der Waals surface area contributed by atoms with Gasteiger partial charge in [0.15, 0.2) is 0 Å². The first-order valence-corrected chi connectivity index (χ1v) is 8.00. The molecule has 3 rings (SSSR count). The van der Waals surface area contributed by atoms with Crippen LogP contribution in [0.4, 0.5) is 0 Å². The van der Waals surface area contributed by atoms with Crippen LogP contribution in [-0.2, 0) is 6.54 Å². The van der Waals surface area contributed by atoms with E-state index in [1.807, 2.05) is 0 Å². The molecule has 1 aromatic carbocycles. The predicted octanol–water partition coefficient (Wildman–Crippen LogP) is 1.94. The summed E-state index contributed by atoms with van der Waals surface area (Å²) in [7, 11) is 2.24. The van der Waals surface area contributed by atoms with E-state index in [4.69, 9.17) is 0 Å². The van der Waals surface area contributed by atoms with Gasteiger partial charge in [-0.05, 0) is 38.4 Å². The van der Waals surface area contributed by atoms with E-state index in [0.29, 0.717) is 12.1 Å². The molecule has 2 atom stereocenters. The van der Waals surface area contributed by atoms with Crippen molar-refractivity contribution in [3.05, 3.63) is 35.9 Å². The molecule has 2 heterocycles. The van der Waals surface area contributed by atoms with Crippen molar-refractivity contribution >= 4 is 0 Å². The van der Waals surface area contributed by atoms with Crippen LogP contribution in [0.15, 0.2) is 30.3 Å². The zero-order valence-corrected chi connectivity index (χ0v) is 12.6. The summed E-state index contributed by atoms with van der Waals surface area (Å²) in [6.07, 6.45) is 3.99. The Bertz CT molecular complexity index is 406. The first-order valence-electron chi connectivity index (χ1n) is 8.00. The van der Waals surface area contributed by atoms with Crippen molar-refractivity contribution in [3.63, 3.8) is 0 Å². The summed E-state index contributed by atoms with van der Waals surface area (Å²) >= 11 is 0. The number of hydrogen-bond acceptors (Lipinski definition) is 3. The van der Waals surface area contributed by atoms with E-state index >= 15 is 0 Å². The van der Waals surface area contributed by atoms with Crippen LogP contribution in [0.25, 0.3) is 0 Å². The number of rotatable bonds is 4. The maximum atomic E-state index is 3.88. The molecular formula is C17H27N3. The molecule has 2 aliphatic heterocycles. The first-order chi connectivity index (χ1) is 9.79. The van der Waals surface area contributed by atoms with Gasteiger partial charge in [-0.15, -0.1) is 0 Å². The van der Waals surface area contributed by atoms with Crippen LogP contribution in [-0.4, -0.2) is 55.1 Å². The number of likely N-dealkylation sites (N-methyl/N-ethyl adjacent to an activating group) is 1. The highest BCUT2D eigenvalue weighted by Gasteiger charge is 2.26. The molecule has 3 heteroatoms. The van der Waals surface area contributed by atoms with E-state index in [0.717, 1.165) is 6.54 Å². The predicted molar refractivity (Wildman–Crippen MR) is 83.8 cm³/mol. The maximum Gasteiger partial charge on any atom is 0.0234 e. The van der Waals surface area contributed by atoms with E-state index in [9.17, 15) is 0 Å². The molecule has 2 saturated heterocycles. The van der Waals surface area contributed by atoms with Crippen molar-refractivity contribution in [3.8, 4) is 0 Å². The molecule has 1 aromatic rings. The van der Waals surface area contributed by atoms with Crippen LogP contribution >= 0.6 is 0 Å². The minimum absolute atomic E-state index is 0.690. The third-order valence-electron chi connectivity index (χ3n) is 4.62. The fourth-order valence-corrected chi connectivity index (χ4v) is 3.59. The topological polar surface area (TPSA) is 18.5 Å². The highest BCUT2D eigenvalue weighted by Crippen LogP contribution is 2.16. The van der Waals surface area contributed by atoms with Gasteiger partial charge in [-0.25, -0.2) is 0 Å². The Morgan fingerprint density at radius 1 is 1.05 bits per heavy atom. The van der Waals surface area contributed by atoms with E-state index in [-0.39, 0.29) is 0 Å². The Labute approximate surface area is 123 Å². The van der Waals surface area contributed by atoms with Gasteiger partial charge in [0.05, 0.1) is 0 Å². The minimum Gasteiger partial charge on any atom is -0.309 e. The number of piperidine rings is 1. The molecule has 0 bridgehead atoms. The summed E-state index contributed by atoms with van der Waals surface area (Å²) in [4.78, 5) is 5.04. The summed E-state index contributed by atoms with van der Waals surface area (Å²) in [6.45, 7) is 6.02. The third kappa shape index (κ3) is 3.81. The van der Waals surface area contributed by atoms with Gasteiger partial charge >= 0.3 is 0 Å². The second-order valence-electron chi connectivity index (χ2n) is 6.47. The van der Waals surface area contributed by atoms with Crippen LogP contribution in [0.2, 0.25) is 0 Å². The maximum absolute atomic E-state index is 3.88. The van der Waals surface area contributed by atoms with Crippen molar-refractivity contribution in [2.45, 2.75) is 37.9 Å². The van der Waals surface area contributed by atoms with Gasteiger partial charge in [0.25, 0.3) is 0 Å². The molecule has 0 amide bonds. The van der Waals surface area contributed by atoms with Crippen LogP contribution in [0.1, 0.15) is 24.8 Å². The van der Waals surface area contributed by atoms with Gasteiger partial charge in [0, 0.05) is 38.3 Å². The highest BCUT2D eigenvalue weighted by atomic mass is 15.2. The lowest BCUT2D eigenvalue weighted by molar-refractivity contribution is 0.214. The van der Waals surface area contributed by atoms with Gasteiger partial charge < -0.3 is 10.2 Å². The number of hydrogen-bond donors (Lipinski definition) is 1. The molecule has 110 valence electrons. The molecule has 0 saturated carbocycles. The molecule has 2 fully saturated rings. The second kappa shape index (κ2) is 6.70. The molecular weight excluding hydrogens is 246 g/mol. The standard InChI is InChI=1S/C17H27N3/c1-19-10-5-8-16(13-19)18-17-9-11-20(14-17)12-15-6-3-2-4-7-15/h2-4,6-7,16-18H,5,8-14H2,1H3. The lowest BCUT2D eigenvalue weighted by Crippen LogP contribution is -2.48. The summed E-state index contributed by atoms with van der Waals surface area (Å²) in [5.41, 5.74) is 1.44. The molecule has 20 heavy (non-hydrogen) atoms. The number of nitrogens with zero attached hydrogens (tertiary/aromatic N) is 2. The average Bonchev–Trinajstić information content (AvgIpc) is 2.87.